The number of hydrogen-bond donors (Lipinski definition) is 2. The van der Waals surface area contributed by atoms with Gasteiger partial charge in [0.2, 0.25) is 0 Å². The summed E-state index contributed by atoms with van der Waals surface area (Å²) in [5, 5.41) is 7.69. The largest absolute Gasteiger partial charge is 0.362 e. The summed E-state index contributed by atoms with van der Waals surface area (Å²) in [6.07, 6.45) is 4.53. The Kier molecular flexibility index (Phi) is 5.97. The van der Waals surface area contributed by atoms with Gasteiger partial charge in [0.1, 0.15) is 5.82 Å². The molecule has 1 fully saturated rings. The normalized spacial score (nSPS) is 15.8. The molecule has 0 aliphatic heterocycles. The highest BCUT2D eigenvalue weighted by molar-refractivity contribution is 9.10. The van der Waals surface area contributed by atoms with Crippen molar-refractivity contribution in [2.45, 2.75) is 31.1 Å². The van der Waals surface area contributed by atoms with E-state index in [-0.39, 0.29) is 11.2 Å². The maximum Gasteiger partial charge on any atom is 0.170 e. The van der Waals surface area contributed by atoms with E-state index in [1.807, 2.05) is 30.3 Å². The Balaban J connectivity index is 1.66. The summed E-state index contributed by atoms with van der Waals surface area (Å²) in [5.74, 6) is -0.200. The molecule has 0 radical (unpaired) electrons. The summed E-state index contributed by atoms with van der Waals surface area (Å²) in [4.78, 5) is 0. The topological polar surface area (TPSA) is 24.1 Å². The second kappa shape index (κ2) is 8.02. The fraction of sp³-hybridized carbons (Fsp3) is 0.316. The Morgan fingerprint density at radius 1 is 1.16 bits per heavy atom. The molecule has 132 valence electrons. The van der Waals surface area contributed by atoms with Crippen LogP contribution < -0.4 is 10.6 Å². The van der Waals surface area contributed by atoms with E-state index < -0.39 is 0 Å². The highest BCUT2D eigenvalue weighted by atomic mass is 79.9. The van der Waals surface area contributed by atoms with Crippen LogP contribution in [0.1, 0.15) is 31.2 Å². The van der Waals surface area contributed by atoms with Gasteiger partial charge < -0.3 is 10.6 Å². The van der Waals surface area contributed by atoms with Crippen molar-refractivity contribution in [3.05, 3.63) is 63.3 Å². The molecular weight excluding hydrogens is 423 g/mol. The molecule has 0 spiro atoms. The van der Waals surface area contributed by atoms with Gasteiger partial charge in [-0.15, -0.1) is 0 Å². The molecule has 1 aliphatic carbocycles. The Bertz CT molecular complexity index is 761. The summed E-state index contributed by atoms with van der Waals surface area (Å²) in [7, 11) is 0. The molecule has 0 atom stereocenters. The number of thiocarbonyl (C=S) groups is 1. The molecule has 1 saturated carbocycles. The lowest BCUT2D eigenvalue weighted by atomic mass is 9.79. The van der Waals surface area contributed by atoms with Crippen LogP contribution in [-0.4, -0.2) is 11.7 Å². The smallest absolute Gasteiger partial charge is 0.170 e. The first-order valence-corrected chi connectivity index (χ1v) is 9.82. The third kappa shape index (κ3) is 4.52. The lowest BCUT2D eigenvalue weighted by molar-refractivity contribution is 0.434. The number of benzene rings is 2. The average Bonchev–Trinajstić information content (AvgIpc) is 3.07. The van der Waals surface area contributed by atoms with Crippen molar-refractivity contribution in [1.29, 1.82) is 0 Å². The van der Waals surface area contributed by atoms with Gasteiger partial charge in [-0.2, -0.15) is 0 Å². The number of halogens is 3. The summed E-state index contributed by atoms with van der Waals surface area (Å²) in [6.45, 7) is 0.731. The minimum Gasteiger partial charge on any atom is -0.362 e. The first kappa shape index (κ1) is 18.6. The quantitative estimate of drug-likeness (QED) is 0.566. The zero-order valence-corrected chi connectivity index (χ0v) is 16.8. The van der Waals surface area contributed by atoms with Gasteiger partial charge in [0.15, 0.2) is 5.11 Å². The molecule has 0 saturated heterocycles. The fourth-order valence-corrected chi connectivity index (χ4v) is 4.04. The molecule has 0 aromatic heterocycles. The van der Waals surface area contributed by atoms with Crippen molar-refractivity contribution in [3.8, 4) is 0 Å². The predicted molar refractivity (Wildman–Crippen MR) is 110 cm³/mol. The zero-order valence-electron chi connectivity index (χ0n) is 13.6. The monoisotopic (exact) mass is 440 g/mol. The molecule has 0 heterocycles. The van der Waals surface area contributed by atoms with Crippen molar-refractivity contribution >= 4 is 50.5 Å². The Morgan fingerprint density at radius 3 is 2.48 bits per heavy atom. The van der Waals surface area contributed by atoms with Crippen LogP contribution in [0.4, 0.5) is 10.1 Å². The molecule has 2 aromatic rings. The van der Waals surface area contributed by atoms with Crippen LogP contribution in [-0.2, 0) is 5.41 Å². The predicted octanol–water partition coefficient (Wildman–Crippen LogP) is 6.04. The number of rotatable bonds is 4. The van der Waals surface area contributed by atoms with Crippen LogP contribution >= 0.6 is 39.7 Å². The fourth-order valence-electron chi connectivity index (χ4n) is 3.42. The van der Waals surface area contributed by atoms with Gasteiger partial charge in [-0.3, -0.25) is 0 Å². The van der Waals surface area contributed by atoms with Crippen molar-refractivity contribution in [3.63, 3.8) is 0 Å². The van der Waals surface area contributed by atoms with E-state index in [2.05, 4.69) is 26.6 Å². The van der Waals surface area contributed by atoms with Gasteiger partial charge in [-0.25, -0.2) is 4.39 Å². The zero-order chi connectivity index (χ0) is 17.9. The molecule has 0 amide bonds. The van der Waals surface area contributed by atoms with Crippen LogP contribution in [0.5, 0.6) is 0 Å². The SMILES string of the molecule is Fc1ccc(C2(CNC(=S)Nc3ccc(Br)c(Cl)c3)CCCC2)cc1. The van der Waals surface area contributed by atoms with E-state index in [4.69, 9.17) is 23.8 Å². The summed E-state index contributed by atoms with van der Waals surface area (Å²) >= 11 is 14.9. The minimum atomic E-state index is -0.200. The van der Waals surface area contributed by atoms with E-state index in [0.717, 1.165) is 29.5 Å². The third-order valence-electron chi connectivity index (χ3n) is 4.78. The van der Waals surface area contributed by atoms with Crippen molar-refractivity contribution in [2.24, 2.45) is 0 Å². The van der Waals surface area contributed by atoms with Gasteiger partial charge in [0, 0.05) is 22.1 Å². The van der Waals surface area contributed by atoms with Crippen molar-refractivity contribution < 1.29 is 4.39 Å². The molecule has 2 N–H and O–H groups in total. The van der Waals surface area contributed by atoms with Crippen LogP contribution in [0.15, 0.2) is 46.9 Å². The van der Waals surface area contributed by atoms with Gasteiger partial charge >= 0.3 is 0 Å². The van der Waals surface area contributed by atoms with Crippen LogP contribution in [0.3, 0.4) is 0 Å². The molecule has 2 aromatic carbocycles. The highest BCUT2D eigenvalue weighted by Crippen LogP contribution is 2.40. The van der Waals surface area contributed by atoms with E-state index in [9.17, 15) is 4.39 Å². The van der Waals surface area contributed by atoms with Crippen molar-refractivity contribution in [2.75, 3.05) is 11.9 Å². The lowest BCUT2D eigenvalue weighted by Gasteiger charge is -2.30. The van der Waals surface area contributed by atoms with Crippen LogP contribution in [0, 0.1) is 5.82 Å². The molecule has 2 nitrogen and oxygen atoms in total. The molecule has 0 unspecified atom stereocenters. The van der Waals surface area contributed by atoms with Crippen molar-refractivity contribution in [1.82, 2.24) is 5.32 Å². The number of nitrogens with one attached hydrogen (secondary N) is 2. The minimum absolute atomic E-state index is 0.0107. The van der Waals surface area contributed by atoms with Gasteiger partial charge in [-0.1, -0.05) is 36.6 Å². The average molecular weight is 442 g/mol. The summed E-state index contributed by atoms with van der Waals surface area (Å²) < 4.78 is 14.1. The molecule has 25 heavy (non-hydrogen) atoms. The summed E-state index contributed by atoms with van der Waals surface area (Å²) in [5.41, 5.74) is 2.03. The first-order valence-electron chi connectivity index (χ1n) is 8.24. The van der Waals surface area contributed by atoms with E-state index in [1.54, 1.807) is 0 Å². The van der Waals surface area contributed by atoms with E-state index in [0.29, 0.717) is 10.1 Å². The Hall–Kier alpha value is -1.17. The summed E-state index contributed by atoms with van der Waals surface area (Å²) in [6, 6.07) is 12.5. The third-order valence-corrected chi connectivity index (χ3v) is 6.26. The Labute approximate surface area is 166 Å². The van der Waals surface area contributed by atoms with E-state index in [1.165, 1.54) is 30.5 Å². The number of anilines is 1. The maximum atomic E-state index is 13.3. The van der Waals surface area contributed by atoms with Crippen LogP contribution in [0.2, 0.25) is 5.02 Å². The molecule has 3 rings (SSSR count). The second-order valence-electron chi connectivity index (χ2n) is 6.43. The number of hydrogen-bond acceptors (Lipinski definition) is 1. The molecule has 1 aliphatic rings. The van der Waals surface area contributed by atoms with E-state index >= 15 is 0 Å². The van der Waals surface area contributed by atoms with Crippen LogP contribution in [0.25, 0.3) is 0 Å². The Morgan fingerprint density at radius 2 is 1.84 bits per heavy atom. The van der Waals surface area contributed by atoms with Gasteiger partial charge in [0.25, 0.3) is 0 Å². The standard InChI is InChI=1S/C19H19BrClFN2S/c20-16-8-7-15(11-17(16)21)24-18(25)23-12-19(9-1-2-10-19)13-3-5-14(22)6-4-13/h3-8,11H,1-2,9-10,12H2,(H2,23,24,25). The van der Waals surface area contributed by atoms with Gasteiger partial charge in [-0.05, 0) is 76.9 Å². The highest BCUT2D eigenvalue weighted by Gasteiger charge is 2.35. The second-order valence-corrected chi connectivity index (χ2v) is 8.10. The maximum absolute atomic E-state index is 13.3. The van der Waals surface area contributed by atoms with Gasteiger partial charge in [0.05, 0.1) is 5.02 Å². The first-order chi connectivity index (χ1) is 12.0. The molecular formula is C19H19BrClFN2S. The lowest BCUT2D eigenvalue weighted by Crippen LogP contribution is -2.40. The molecule has 6 heteroatoms. The molecule has 0 bridgehead atoms.